The van der Waals surface area contributed by atoms with E-state index in [2.05, 4.69) is 30.3 Å². The summed E-state index contributed by atoms with van der Waals surface area (Å²) in [5, 5.41) is 0. The average Bonchev–Trinajstić information content (AvgIpc) is 2.99. The van der Waals surface area contributed by atoms with Gasteiger partial charge in [-0.05, 0) is 36.3 Å². The number of likely N-dealkylation sites (tertiary alicyclic amines) is 2. The van der Waals surface area contributed by atoms with Crippen LogP contribution in [-0.2, 0) is 16.0 Å². The third-order valence-electron chi connectivity index (χ3n) is 6.01. The van der Waals surface area contributed by atoms with Gasteiger partial charge in [0.25, 0.3) is 0 Å². The van der Waals surface area contributed by atoms with Crippen LogP contribution in [0.3, 0.4) is 0 Å². The monoisotopic (exact) mass is 363 g/mol. The molecule has 27 heavy (non-hydrogen) atoms. The van der Waals surface area contributed by atoms with E-state index in [1.54, 1.807) is 0 Å². The van der Waals surface area contributed by atoms with Crippen LogP contribution >= 0.6 is 0 Å². The molecule has 2 aromatic rings. The van der Waals surface area contributed by atoms with Gasteiger partial charge in [0.2, 0.25) is 11.8 Å². The highest BCUT2D eigenvalue weighted by molar-refractivity contribution is 6.06. The fraction of sp³-hybridized carbons (Fsp3) is 0.391. The number of hydrogen-bond donors (Lipinski definition) is 1. The highest BCUT2D eigenvalue weighted by Gasteiger charge is 2.41. The normalized spacial score (nSPS) is 25.8. The molecular weight excluding hydrogens is 336 g/mol. The second-order valence-electron chi connectivity index (χ2n) is 7.87. The van der Waals surface area contributed by atoms with Crippen LogP contribution in [0.25, 0.3) is 0 Å². The van der Waals surface area contributed by atoms with E-state index in [0.29, 0.717) is 19.0 Å². The highest BCUT2D eigenvalue weighted by atomic mass is 16.2. The van der Waals surface area contributed by atoms with Crippen LogP contribution in [0.1, 0.15) is 36.3 Å². The van der Waals surface area contributed by atoms with Gasteiger partial charge in [-0.25, -0.2) is 4.90 Å². The van der Waals surface area contributed by atoms with Crippen molar-refractivity contribution in [3.8, 4) is 0 Å². The summed E-state index contributed by atoms with van der Waals surface area (Å²) in [6.07, 6.45) is 3.75. The Morgan fingerprint density at radius 2 is 1.52 bits per heavy atom. The third kappa shape index (κ3) is 4.11. The molecule has 1 N–H and O–H groups in total. The van der Waals surface area contributed by atoms with Crippen LogP contribution < -0.4 is 4.90 Å². The van der Waals surface area contributed by atoms with Gasteiger partial charge in [0, 0.05) is 6.42 Å². The largest absolute Gasteiger partial charge is 0.317 e. The Kier molecular flexibility index (Phi) is 5.35. The van der Waals surface area contributed by atoms with Crippen molar-refractivity contribution in [2.75, 3.05) is 19.8 Å². The number of imide groups is 1. The van der Waals surface area contributed by atoms with Crippen molar-refractivity contribution >= 4 is 11.8 Å². The van der Waals surface area contributed by atoms with Gasteiger partial charge in [0.15, 0.2) is 6.67 Å². The summed E-state index contributed by atoms with van der Waals surface area (Å²) in [5.74, 6) is 0.366. The maximum absolute atomic E-state index is 12.8. The molecule has 0 bridgehead atoms. The number of carbonyl (C=O) groups excluding carboxylic acids is 2. The first-order valence-corrected chi connectivity index (χ1v) is 9.97. The number of amides is 2. The fourth-order valence-electron chi connectivity index (χ4n) is 4.41. The number of benzene rings is 2. The van der Waals surface area contributed by atoms with Gasteiger partial charge in [-0.15, -0.1) is 0 Å². The van der Waals surface area contributed by atoms with Crippen LogP contribution in [0.5, 0.6) is 0 Å². The van der Waals surface area contributed by atoms with Gasteiger partial charge < -0.3 is 4.90 Å². The van der Waals surface area contributed by atoms with Crippen LogP contribution in [0.2, 0.25) is 0 Å². The van der Waals surface area contributed by atoms with E-state index in [9.17, 15) is 9.59 Å². The van der Waals surface area contributed by atoms with E-state index < -0.39 is 0 Å². The summed E-state index contributed by atoms with van der Waals surface area (Å²) in [4.78, 5) is 28.1. The van der Waals surface area contributed by atoms with E-state index >= 15 is 0 Å². The van der Waals surface area contributed by atoms with Crippen LogP contribution in [0.4, 0.5) is 0 Å². The lowest BCUT2D eigenvalue weighted by Gasteiger charge is -2.31. The Morgan fingerprint density at radius 3 is 2.19 bits per heavy atom. The zero-order valence-corrected chi connectivity index (χ0v) is 15.6. The van der Waals surface area contributed by atoms with Gasteiger partial charge in [-0.3, -0.25) is 9.59 Å². The first kappa shape index (κ1) is 17.9. The van der Waals surface area contributed by atoms with Gasteiger partial charge in [0.05, 0.1) is 19.0 Å². The first-order valence-electron chi connectivity index (χ1n) is 9.97. The number of quaternary nitrogens is 1. The molecule has 4 nitrogen and oxygen atoms in total. The molecule has 4 rings (SSSR count). The van der Waals surface area contributed by atoms with Gasteiger partial charge in [-0.1, -0.05) is 60.7 Å². The summed E-state index contributed by atoms with van der Waals surface area (Å²) < 4.78 is 0. The molecule has 0 spiro atoms. The topological polar surface area (TPSA) is 41.8 Å². The minimum atomic E-state index is -0.297. The minimum Gasteiger partial charge on any atom is -0.317 e. The van der Waals surface area contributed by atoms with Crippen LogP contribution in [0, 0.1) is 5.92 Å². The molecule has 2 aliphatic heterocycles. The molecule has 0 radical (unpaired) electrons. The van der Waals surface area contributed by atoms with Crippen molar-refractivity contribution in [1.29, 1.82) is 0 Å². The van der Waals surface area contributed by atoms with E-state index in [1.165, 1.54) is 15.4 Å². The van der Waals surface area contributed by atoms with Gasteiger partial charge >= 0.3 is 0 Å². The number of nitrogens with zero attached hydrogens (tertiary/aromatic N) is 1. The molecule has 2 aromatic carbocycles. The standard InChI is InChI=1S/C23H26N2O2/c26-22-16-21(20-9-5-2-6-10-20)23(27)25(22)17-24-13-11-19(12-14-24)15-18-7-3-1-4-8-18/h1-10,19,21H,11-17H2/p+1/t21-/m0/s1. The van der Waals surface area contributed by atoms with E-state index in [4.69, 9.17) is 0 Å². The lowest BCUT2D eigenvalue weighted by molar-refractivity contribution is -0.913. The second-order valence-corrected chi connectivity index (χ2v) is 7.87. The van der Waals surface area contributed by atoms with Gasteiger partial charge in [-0.2, -0.15) is 0 Å². The van der Waals surface area contributed by atoms with Crippen molar-refractivity contribution in [1.82, 2.24) is 4.90 Å². The van der Waals surface area contributed by atoms with Gasteiger partial charge in [0.1, 0.15) is 0 Å². The lowest BCUT2D eigenvalue weighted by atomic mass is 9.90. The Labute approximate surface area is 160 Å². The zero-order valence-electron chi connectivity index (χ0n) is 15.6. The third-order valence-corrected chi connectivity index (χ3v) is 6.01. The summed E-state index contributed by atoms with van der Waals surface area (Å²) >= 11 is 0. The Balaban J connectivity index is 1.31. The molecule has 1 atom stereocenters. The maximum Gasteiger partial charge on any atom is 0.241 e. The van der Waals surface area contributed by atoms with E-state index in [0.717, 1.165) is 37.9 Å². The molecule has 2 aliphatic rings. The predicted molar refractivity (Wildman–Crippen MR) is 104 cm³/mol. The Bertz CT molecular complexity index is 783. The fourth-order valence-corrected chi connectivity index (χ4v) is 4.41. The summed E-state index contributed by atoms with van der Waals surface area (Å²) in [6.45, 7) is 2.59. The molecule has 0 aromatic heterocycles. The molecule has 0 unspecified atom stereocenters. The van der Waals surface area contributed by atoms with Crippen molar-refractivity contribution in [2.45, 2.75) is 31.6 Å². The average molecular weight is 363 g/mol. The lowest BCUT2D eigenvalue weighted by Crippen LogP contribution is -3.14. The molecule has 2 fully saturated rings. The first-order chi connectivity index (χ1) is 13.2. The quantitative estimate of drug-likeness (QED) is 0.826. The van der Waals surface area contributed by atoms with Crippen molar-refractivity contribution in [2.24, 2.45) is 5.92 Å². The molecule has 140 valence electrons. The molecule has 4 heteroatoms. The van der Waals surface area contributed by atoms with Crippen molar-refractivity contribution in [3.05, 3.63) is 71.8 Å². The summed E-state index contributed by atoms with van der Waals surface area (Å²) in [6, 6.07) is 20.3. The summed E-state index contributed by atoms with van der Waals surface area (Å²) in [7, 11) is 0. The number of piperidine rings is 1. The van der Waals surface area contributed by atoms with Crippen molar-refractivity contribution in [3.63, 3.8) is 0 Å². The molecule has 2 saturated heterocycles. The SMILES string of the molecule is O=C1C[C@@H](c2ccccc2)C(=O)N1C[NH+]1CCC(Cc2ccccc2)CC1. The molecule has 2 heterocycles. The number of nitrogens with one attached hydrogen (secondary N) is 1. The number of rotatable bonds is 5. The van der Waals surface area contributed by atoms with Crippen molar-refractivity contribution < 1.29 is 14.5 Å². The molecule has 0 aliphatic carbocycles. The smallest absolute Gasteiger partial charge is 0.241 e. The summed E-state index contributed by atoms with van der Waals surface area (Å²) in [5.41, 5.74) is 2.36. The second kappa shape index (κ2) is 8.05. The Hall–Kier alpha value is -2.46. The number of carbonyl (C=O) groups is 2. The zero-order chi connectivity index (χ0) is 18.6. The highest BCUT2D eigenvalue weighted by Crippen LogP contribution is 2.28. The minimum absolute atomic E-state index is 0.0206. The van der Waals surface area contributed by atoms with Crippen LogP contribution in [-0.4, -0.2) is 36.5 Å². The van der Waals surface area contributed by atoms with Crippen LogP contribution in [0.15, 0.2) is 60.7 Å². The molecule has 0 saturated carbocycles. The van der Waals surface area contributed by atoms with E-state index in [-0.39, 0.29) is 17.7 Å². The van der Waals surface area contributed by atoms with E-state index in [1.807, 2.05) is 30.3 Å². The number of hydrogen-bond acceptors (Lipinski definition) is 2. The molecule has 2 amide bonds. The maximum atomic E-state index is 12.8. The molecular formula is C23H27N2O2+. The Morgan fingerprint density at radius 1 is 0.889 bits per heavy atom. The predicted octanol–water partition coefficient (Wildman–Crippen LogP) is 2.02.